The molecule has 1 heterocycles. The second-order valence-electron chi connectivity index (χ2n) is 4.70. The molecule has 5 nitrogen and oxygen atoms in total. The first-order valence-electron chi connectivity index (χ1n) is 6.49. The average molecular weight is 270 g/mol. The molecule has 20 heavy (non-hydrogen) atoms. The largest absolute Gasteiger partial charge is 0.339 e. The van der Waals surface area contributed by atoms with E-state index in [0.717, 1.165) is 5.69 Å². The van der Waals surface area contributed by atoms with Gasteiger partial charge in [-0.15, -0.1) is 0 Å². The highest BCUT2D eigenvalue weighted by molar-refractivity contribution is 5.94. The van der Waals surface area contributed by atoms with Gasteiger partial charge in [0.1, 0.15) is 0 Å². The third-order valence-corrected chi connectivity index (χ3v) is 3.32. The van der Waals surface area contributed by atoms with E-state index in [2.05, 4.69) is 5.10 Å². The van der Waals surface area contributed by atoms with E-state index >= 15 is 0 Å². The van der Waals surface area contributed by atoms with Crippen LogP contribution in [0.25, 0.3) is 5.69 Å². The minimum atomic E-state index is -0.0358. The number of nitrogens with one attached hydrogen (secondary N) is 1. The van der Waals surface area contributed by atoms with Crippen molar-refractivity contribution in [1.82, 2.24) is 14.7 Å². The van der Waals surface area contributed by atoms with Gasteiger partial charge in [0, 0.05) is 37.5 Å². The molecule has 0 fully saturated rings. The Morgan fingerprint density at radius 3 is 2.70 bits per heavy atom. The SMILES string of the molecule is C[C@H](CC=N)N(C)C(=O)c1ccc(-n2cccn2)cc1. The topological polar surface area (TPSA) is 62.0 Å². The van der Waals surface area contributed by atoms with Crippen molar-refractivity contribution < 1.29 is 4.79 Å². The zero-order valence-corrected chi connectivity index (χ0v) is 11.7. The van der Waals surface area contributed by atoms with Gasteiger partial charge in [-0.05, 0) is 43.5 Å². The first kappa shape index (κ1) is 14.0. The standard InChI is InChI=1S/C15H18N4O/c1-12(8-9-16)18(2)15(20)13-4-6-14(7-5-13)19-11-3-10-17-19/h3-7,9-12,16H,8H2,1-2H3/t12-/m1/s1. The van der Waals surface area contributed by atoms with E-state index in [1.165, 1.54) is 6.21 Å². The van der Waals surface area contributed by atoms with Gasteiger partial charge >= 0.3 is 0 Å². The molecule has 1 N–H and O–H groups in total. The number of amides is 1. The molecule has 0 aliphatic heterocycles. The summed E-state index contributed by atoms with van der Waals surface area (Å²) in [6.45, 7) is 1.93. The maximum atomic E-state index is 12.3. The number of carbonyl (C=O) groups excluding carboxylic acids is 1. The van der Waals surface area contributed by atoms with Gasteiger partial charge in [0.05, 0.1) is 5.69 Å². The Kier molecular flexibility index (Phi) is 4.30. The minimum absolute atomic E-state index is 0.0193. The first-order chi connectivity index (χ1) is 9.63. The summed E-state index contributed by atoms with van der Waals surface area (Å²) in [4.78, 5) is 13.9. The summed E-state index contributed by atoms with van der Waals surface area (Å²) in [5.74, 6) is -0.0358. The van der Waals surface area contributed by atoms with Gasteiger partial charge in [0.25, 0.3) is 5.91 Å². The number of hydrogen-bond donors (Lipinski definition) is 1. The molecule has 1 aromatic carbocycles. The van der Waals surface area contributed by atoms with E-state index in [1.54, 1.807) is 35.0 Å². The average Bonchev–Trinajstić information content (AvgIpc) is 3.00. The Bertz CT molecular complexity index is 574. The first-order valence-corrected chi connectivity index (χ1v) is 6.49. The maximum Gasteiger partial charge on any atom is 0.253 e. The van der Waals surface area contributed by atoms with Crippen molar-refractivity contribution in [1.29, 1.82) is 5.41 Å². The van der Waals surface area contributed by atoms with E-state index in [4.69, 9.17) is 5.41 Å². The van der Waals surface area contributed by atoms with Gasteiger partial charge in [-0.1, -0.05) is 0 Å². The normalized spacial score (nSPS) is 11.9. The van der Waals surface area contributed by atoms with Crippen molar-refractivity contribution in [3.8, 4) is 5.69 Å². The highest BCUT2D eigenvalue weighted by Crippen LogP contribution is 2.12. The third-order valence-electron chi connectivity index (χ3n) is 3.32. The molecule has 0 unspecified atom stereocenters. The number of carbonyl (C=O) groups is 1. The Hall–Kier alpha value is -2.43. The Morgan fingerprint density at radius 2 is 2.15 bits per heavy atom. The van der Waals surface area contributed by atoms with Gasteiger partial charge in [0.15, 0.2) is 0 Å². The lowest BCUT2D eigenvalue weighted by Crippen LogP contribution is -2.35. The molecule has 2 rings (SSSR count). The molecule has 0 spiro atoms. The minimum Gasteiger partial charge on any atom is -0.339 e. The lowest BCUT2D eigenvalue weighted by Gasteiger charge is -2.23. The smallest absolute Gasteiger partial charge is 0.253 e. The summed E-state index contributed by atoms with van der Waals surface area (Å²) in [6.07, 6.45) is 5.46. The summed E-state index contributed by atoms with van der Waals surface area (Å²) < 4.78 is 1.75. The second-order valence-corrected chi connectivity index (χ2v) is 4.70. The molecule has 1 amide bonds. The molecule has 0 saturated heterocycles. The van der Waals surface area contributed by atoms with Crippen LogP contribution in [-0.2, 0) is 0 Å². The third kappa shape index (κ3) is 2.93. The number of nitrogens with zero attached hydrogens (tertiary/aromatic N) is 3. The lowest BCUT2D eigenvalue weighted by molar-refractivity contribution is 0.0748. The van der Waals surface area contributed by atoms with Crippen LogP contribution >= 0.6 is 0 Å². The van der Waals surface area contributed by atoms with Gasteiger partial charge in [0.2, 0.25) is 0 Å². The molecule has 5 heteroatoms. The lowest BCUT2D eigenvalue weighted by atomic mass is 10.1. The van der Waals surface area contributed by atoms with E-state index in [-0.39, 0.29) is 11.9 Å². The van der Waals surface area contributed by atoms with E-state index in [1.807, 2.05) is 31.3 Å². The molecule has 0 bridgehead atoms. The fourth-order valence-corrected chi connectivity index (χ4v) is 1.91. The van der Waals surface area contributed by atoms with Gasteiger partial charge in [-0.25, -0.2) is 4.68 Å². The molecule has 104 valence electrons. The van der Waals surface area contributed by atoms with E-state index < -0.39 is 0 Å². The van der Waals surface area contributed by atoms with Crippen LogP contribution < -0.4 is 0 Å². The second kappa shape index (κ2) is 6.14. The summed E-state index contributed by atoms with van der Waals surface area (Å²) >= 11 is 0. The van der Waals surface area contributed by atoms with Gasteiger partial charge in [-0.2, -0.15) is 5.10 Å². The van der Waals surface area contributed by atoms with Crippen LogP contribution in [0.4, 0.5) is 0 Å². The van der Waals surface area contributed by atoms with Crippen LogP contribution in [0.15, 0.2) is 42.7 Å². The summed E-state index contributed by atoms with van der Waals surface area (Å²) in [7, 11) is 1.76. The molecule has 1 atom stereocenters. The Labute approximate surface area is 118 Å². The van der Waals surface area contributed by atoms with Crippen molar-refractivity contribution in [2.24, 2.45) is 0 Å². The van der Waals surface area contributed by atoms with Crippen LogP contribution in [0.1, 0.15) is 23.7 Å². The van der Waals surface area contributed by atoms with Crippen LogP contribution in [0.5, 0.6) is 0 Å². The van der Waals surface area contributed by atoms with E-state index in [9.17, 15) is 4.79 Å². The molecule has 0 saturated carbocycles. The molecular formula is C15H18N4O. The van der Waals surface area contributed by atoms with Crippen LogP contribution in [-0.4, -0.2) is 39.9 Å². The Balaban J connectivity index is 2.13. The number of rotatable bonds is 5. The number of aromatic nitrogens is 2. The maximum absolute atomic E-state index is 12.3. The molecule has 2 aromatic rings. The Morgan fingerprint density at radius 1 is 1.45 bits per heavy atom. The van der Waals surface area contributed by atoms with Crippen molar-refractivity contribution in [2.75, 3.05) is 7.05 Å². The van der Waals surface area contributed by atoms with Crippen molar-refractivity contribution in [3.63, 3.8) is 0 Å². The zero-order valence-electron chi connectivity index (χ0n) is 11.7. The molecule has 0 radical (unpaired) electrons. The summed E-state index contributed by atoms with van der Waals surface area (Å²) in [5.41, 5.74) is 1.56. The van der Waals surface area contributed by atoms with Crippen LogP contribution in [0.3, 0.4) is 0 Å². The summed E-state index contributed by atoms with van der Waals surface area (Å²) in [6, 6.07) is 9.21. The summed E-state index contributed by atoms with van der Waals surface area (Å²) in [5, 5.41) is 11.3. The van der Waals surface area contributed by atoms with Gasteiger partial charge < -0.3 is 10.3 Å². The molecule has 1 aromatic heterocycles. The molecular weight excluding hydrogens is 252 g/mol. The number of benzene rings is 1. The fourth-order valence-electron chi connectivity index (χ4n) is 1.91. The highest BCUT2D eigenvalue weighted by Gasteiger charge is 2.16. The molecule has 0 aliphatic rings. The quantitative estimate of drug-likeness (QED) is 0.848. The number of hydrogen-bond acceptors (Lipinski definition) is 3. The fraction of sp³-hybridized carbons (Fsp3) is 0.267. The predicted octanol–water partition coefficient (Wildman–Crippen LogP) is 2.37. The monoisotopic (exact) mass is 270 g/mol. The van der Waals surface area contributed by atoms with Crippen LogP contribution in [0, 0.1) is 5.41 Å². The van der Waals surface area contributed by atoms with Crippen molar-refractivity contribution >= 4 is 12.1 Å². The van der Waals surface area contributed by atoms with Crippen molar-refractivity contribution in [3.05, 3.63) is 48.3 Å². The molecule has 0 aliphatic carbocycles. The van der Waals surface area contributed by atoms with E-state index in [0.29, 0.717) is 12.0 Å². The van der Waals surface area contributed by atoms with Gasteiger partial charge in [-0.3, -0.25) is 4.79 Å². The predicted molar refractivity (Wildman–Crippen MR) is 78.5 cm³/mol. The van der Waals surface area contributed by atoms with Crippen LogP contribution in [0.2, 0.25) is 0 Å². The van der Waals surface area contributed by atoms with Crippen molar-refractivity contribution in [2.45, 2.75) is 19.4 Å². The zero-order chi connectivity index (χ0) is 14.5. The highest BCUT2D eigenvalue weighted by atomic mass is 16.2.